The first-order valence-corrected chi connectivity index (χ1v) is 16.9. The van der Waals surface area contributed by atoms with Crippen molar-refractivity contribution in [3.63, 3.8) is 0 Å². The number of hydrogen-bond acceptors (Lipinski definition) is 7. The van der Waals surface area contributed by atoms with Crippen molar-refractivity contribution in [2.75, 3.05) is 31.6 Å². The lowest BCUT2D eigenvalue weighted by Crippen LogP contribution is -2.45. The van der Waals surface area contributed by atoms with Gasteiger partial charge in [0.15, 0.2) is 5.60 Å². The van der Waals surface area contributed by atoms with Gasteiger partial charge in [-0.3, -0.25) is 4.79 Å². The molecule has 9 heteroatoms. The Morgan fingerprint density at radius 1 is 1.11 bits per heavy atom. The molecular formula is C37H47ClN2O6. The number of amides is 1. The molecule has 2 N–H and O–H groups in total. The van der Waals surface area contributed by atoms with Gasteiger partial charge in [-0.25, -0.2) is 4.79 Å². The Morgan fingerprint density at radius 2 is 1.93 bits per heavy atom. The van der Waals surface area contributed by atoms with Crippen molar-refractivity contribution < 1.29 is 29.3 Å². The van der Waals surface area contributed by atoms with Gasteiger partial charge in [0.1, 0.15) is 12.4 Å². The summed E-state index contributed by atoms with van der Waals surface area (Å²) in [5.41, 5.74) is 1.02. The van der Waals surface area contributed by atoms with Gasteiger partial charge < -0.3 is 29.5 Å². The molecule has 8 nitrogen and oxygen atoms in total. The predicted octanol–water partition coefficient (Wildman–Crippen LogP) is 5.95. The van der Waals surface area contributed by atoms with Gasteiger partial charge in [-0.2, -0.15) is 0 Å². The lowest BCUT2D eigenvalue weighted by molar-refractivity contribution is -0.168. The average molecular weight is 651 g/mol. The van der Waals surface area contributed by atoms with Gasteiger partial charge in [-0.05, 0) is 104 Å². The standard InChI is InChI=1S/C37H47ClN2O6/c1-4-9-30-11-8-19-40(30)35(42)22-37(44,36(43)45-3)28-14-17-34-32(21-28)39(23-26-13-16-31(26)33(41)5-2)18-7-6-10-25-20-29(38)15-12-27(25)24-46-34/h4-5,12,14-15,17,20-21,26,30-31,33,41,44H,1-2,6-11,13,16,18-19,22-24H2,3H3/t26-,30+,31+,33-,37+/m0/s1. The van der Waals surface area contributed by atoms with Gasteiger partial charge in [0.2, 0.25) is 5.91 Å². The molecule has 0 bridgehead atoms. The summed E-state index contributed by atoms with van der Waals surface area (Å²) < 4.78 is 11.6. The number of likely N-dealkylation sites (tertiary alicyclic amines) is 1. The van der Waals surface area contributed by atoms with Crippen LogP contribution in [-0.2, 0) is 33.0 Å². The molecule has 2 aromatic carbocycles. The van der Waals surface area contributed by atoms with E-state index in [9.17, 15) is 19.8 Å². The first kappa shape index (κ1) is 34.0. The number of aliphatic hydroxyl groups is 2. The second-order valence-electron chi connectivity index (χ2n) is 13.0. The second-order valence-corrected chi connectivity index (χ2v) is 13.4. The number of carbonyl (C=O) groups excluding carboxylic acids is 2. The summed E-state index contributed by atoms with van der Waals surface area (Å²) in [7, 11) is 1.22. The van der Waals surface area contributed by atoms with Crippen LogP contribution in [0.1, 0.15) is 68.1 Å². The monoisotopic (exact) mass is 650 g/mol. The van der Waals surface area contributed by atoms with Crippen LogP contribution in [0.15, 0.2) is 61.7 Å². The third-order valence-corrected chi connectivity index (χ3v) is 10.4. The predicted molar refractivity (Wildman–Crippen MR) is 180 cm³/mol. The first-order valence-electron chi connectivity index (χ1n) is 16.5. The molecule has 1 aliphatic carbocycles. The quantitative estimate of drug-likeness (QED) is 0.242. The number of anilines is 1. The Morgan fingerprint density at radius 3 is 2.65 bits per heavy atom. The van der Waals surface area contributed by atoms with Crippen molar-refractivity contribution in [2.24, 2.45) is 11.8 Å². The number of hydrogen-bond donors (Lipinski definition) is 2. The van der Waals surface area contributed by atoms with Gasteiger partial charge >= 0.3 is 5.97 Å². The fourth-order valence-electron chi connectivity index (χ4n) is 7.31. The molecule has 1 amide bonds. The van der Waals surface area contributed by atoms with Crippen LogP contribution in [0.2, 0.25) is 5.02 Å². The maximum atomic E-state index is 13.6. The lowest BCUT2D eigenvalue weighted by Gasteiger charge is -2.42. The van der Waals surface area contributed by atoms with E-state index in [-0.39, 0.29) is 29.3 Å². The van der Waals surface area contributed by atoms with Crippen LogP contribution in [0.4, 0.5) is 5.69 Å². The molecule has 2 aromatic rings. The molecule has 248 valence electrons. The van der Waals surface area contributed by atoms with Gasteiger partial charge in [0.05, 0.1) is 25.3 Å². The summed E-state index contributed by atoms with van der Waals surface area (Å²) in [6.45, 7) is 9.90. The zero-order chi connectivity index (χ0) is 32.8. The largest absolute Gasteiger partial charge is 0.487 e. The van der Waals surface area contributed by atoms with Gasteiger partial charge in [0.25, 0.3) is 0 Å². The van der Waals surface area contributed by atoms with Crippen LogP contribution in [0, 0.1) is 11.8 Å². The van der Waals surface area contributed by atoms with Gasteiger partial charge in [-0.15, -0.1) is 13.2 Å². The maximum absolute atomic E-state index is 13.6. The summed E-state index contributed by atoms with van der Waals surface area (Å²) in [4.78, 5) is 30.9. The Hall–Kier alpha value is -3.33. The molecule has 1 saturated carbocycles. The molecular weight excluding hydrogens is 604 g/mol. The molecule has 5 rings (SSSR count). The average Bonchev–Trinajstić information content (AvgIpc) is 3.50. The van der Waals surface area contributed by atoms with Gasteiger partial charge in [0, 0.05) is 30.7 Å². The van der Waals surface area contributed by atoms with Crippen molar-refractivity contribution in [3.05, 3.63) is 83.4 Å². The molecule has 0 aromatic heterocycles. The molecule has 2 aliphatic heterocycles. The molecule has 2 heterocycles. The molecule has 3 aliphatic rings. The molecule has 0 unspecified atom stereocenters. The number of halogens is 1. The Labute approximate surface area is 277 Å². The highest BCUT2D eigenvalue weighted by Crippen LogP contribution is 2.42. The molecule has 2 fully saturated rings. The smallest absolute Gasteiger partial charge is 0.343 e. The van der Waals surface area contributed by atoms with Crippen LogP contribution in [0.5, 0.6) is 5.75 Å². The Bertz CT molecular complexity index is 1430. The number of rotatable bonds is 10. The number of ether oxygens (including phenoxy) is 2. The van der Waals surface area contributed by atoms with E-state index in [1.165, 1.54) is 7.11 Å². The molecule has 46 heavy (non-hydrogen) atoms. The molecule has 1 saturated heterocycles. The number of methoxy groups -OCH3 is 1. The summed E-state index contributed by atoms with van der Waals surface area (Å²) in [5.74, 6) is -0.223. The summed E-state index contributed by atoms with van der Waals surface area (Å²) in [5, 5.41) is 23.3. The Kier molecular flexibility index (Phi) is 11.1. The minimum Gasteiger partial charge on any atom is -0.487 e. The fraction of sp³-hybridized carbons (Fsp3) is 0.514. The van der Waals surface area contributed by atoms with Crippen molar-refractivity contribution in [2.45, 2.75) is 82.1 Å². The van der Waals surface area contributed by atoms with Gasteiger partial charge in [-0.1, -0.05) is 35.9 Å². The highest BCUT2D eigenvalue weighted by atomic mass is 35.5. The van der Waals surface area contributed by atoms with Crippen LogP contribution >= 0.6 is 11.6 Å². The van der Waals surface area contributed by atoms with Crippen LogP contribution in [0.3, 0.4) is 0 Å². The van der Waals surface area contributed by atoms with Crippen molar-refractivity contribution in [1.82, 2.24) is 4.90 Å². The topological polar surface area (TPSA) is 99.5 Å². The number of carbonyl (C=O) groups is 2. The SMILES string of the molecule is C=CC[C@@H]1CCCN1C(=O)C[C@](O)(C(=O)OC)c1ccc2c(c1)N(C[C@@H]1CC[C@H]1[C@@H](O)C=C)CCCCc1cc(Cl)ccc1CO2. The number of benzene rings is 2. The van der Waals surface area contributed by atoms with E-state index in [0.717, 1.165) is 61.8 Å². The number of aliphatic hydroxyl groups excluding tert-OH is 1. The molecule has 0 spiro atoms. The first-order chi connectivity index (χ1) is 22.2. The van der Waals surface area contributed by atoms with E-state index in [1.807, 2.05) is 18.2 Å². The fourth-order valence-corrected chi connectivity index (χ4v) is 7.50. The molecule has 0 radical (unpaired) electrons. The number of aryl methyl sites for hydroxylation is 1. The number of esters is 1. The summed E-state index contributed by atoms with van der Waals surface area (Å²) in [6.07, 6.45) is 9.37. The van der Waals surface area contributed by atoms with Crippen molar-refractivity contribution in [3.8, 4) is 5.75 Å². The highest BCUT2D eigenvalue weighted by Gasteiger charge is 2.45. The summed E-state index contributed by atoms with van der Waals surface area (Å²) >= 11 is 6.34. The zero-order valence-corrected chi connectivity index (χ0v) is 27.6. The van der Waals surface area contributed by atoms with Crippen molar-refractivity contribution >= 4 is 29.2 Å². The third kappa shape index (κ3) is 7.29. The van der Waals surface area contributed by atoms with E-state index in [0.29, 0.717) is 43.4 Å². The summed E-state index contributed by atoms with van der Waals surface area (Å²) in [6, 6.07) is 11.1. The third-order valence-electron chi connectivity index (χ3n) is 10.1. The van der Waals surface area contributed by atoms with Crippen LogP contribution < -0.4 is 9.64 Å². The van der Waals surface area contributed by atoms with E-state index >= 15 is 0 Å². The lowest BCUT2D eigenvalue weighted by atomic mass is 9.70. The minimum atomic E-state index is -2.19. The van der Waals surface area contributed by atoms with Crippen LogP contribution in [-0.4, -0.2) is 65.9 Å². The highest BCUT2D eigenvalue weighted by molar-refractivity contribution is 6.30. The molecule has 5 atom stereocenters. The van der Waals surface area contributed by atoms with Crippen LogP contribution in [0.25, 0.3) is 0 Å². The maximum Gasteiger partial charge on any atom is 0.343 e. The van der Waals surface area contributed by atoms with Crippen molar-refractivity contribution in [1.29, 1.82) is 0 Å². The van der Waals surface area contributed by atoms with E-state index < -0.39 is 24.1 Å². The minimum absolute atomic E-state index is 0.00213. The van der Waals surface area contributed by atoms with E-state index in [1.54, 1.807) is 35.3 Å². The zero-order valence-electron chi connectivity index (χ0n) is 26.8. The van der Waals surface area contributed by atoms with E-state index in [2.05, 4.69) is 18.1 Å². The Balaban J connectivity index is 1.52. The van der Waals surface area contributed by atoms with E-state index in [4.69, 9.17) is 21.1 Å². The number of fused-ring (bicyclic) bond motifs is 2. The number of nitrogens with zero attached hydrogens (tertiary/aromatic N) is 2. The second kappa shape index (κ2) is 15.1. The normalized spacial score (nSPS) is 23.3.